The second kappa shape index (κ2) is 4.96. The molecule has 1 aromatic heterocycles. The minimum absolute atomic E-state index is 0. The fourth-order valence-electron chi connectivity index (χ4n) is 1.76. The van der Waals surface area contributed by atoms with Gasteiger partial charge in [-0.05, 0) is 26.9 Å². The molecule has 1 heterocycles. The maximum atomic E-state index is 5.72. The maximum absolute atomic E-state index is 5.72. The van der Waals surface area contributed by atoms with Crippen LogP contribution in [0.1, 0.15) is 30.4 Å². The van der Waals surface area contributed by atoms with Gasteiger partial charge in [-0.15, -0.1) is 12.4 Å². The zero-order valence-electron chi connectivity index (χ0n) is 9.14. The number of hydrogen-bond acceptors (Lipinski definition) is 4. The van der Waals surface area contributed by atoms with Crippen LogP contribution in [-0.4, -0.2) is 30.0 Å². The molecule has 1 fully saturated rings. The molecule has 4 nitrogen and oxygen atoms in total. The molecule has 86 valence electrons. The number of nitrogens with two attached hydrogens (primary N) is 1. The van der Waals surface area contributed by atoms with Crippen LogP contribution in [0.15, 0.2) is 10.6 Å². The third kappa shape index (κ3) is 2.93. The lowest BCUT2D eigenvalue weighted by Gasteiger charge is -2.29. The zero-order chi connectivity index (χ0) is 10.1. The SMILES string of the molecule is CN(C)Cc1cnc(C2CC(N)C2)o1.Cl. The summed E-state index contributed by atoms with van der Waals surface area (Å²) in [5, 5.41) is 0. The molecule has 1 aliphatic carbocycles. The number of hydrogen-bond donors (Lipinski definition) is 1. The molecule has 0 bridgehead atoms. The molecule has 0 aromatic carbocycles. The topological polar surface area (TPSA) is 55.3 Å². The van der Waals surface area contributed by atoms with Crippen molar-refractivity contribution in [1.29, 1.82) is 0 Å². The highest BCUT2D eigenvalue weighted by atomic mass is 35.5. The zero-order valence-corrected chi connectivity index (χ0v) is 9.96. The molecule has 2 N–H and O–H groups in total. The highest BCUT2D eigenvalue weighted by molar-refractivity contribution is 5.85. The van der Waals surface area contributed by atoms with Crippen molar-refractivity contribution in [2.75, 3.05) is 14.1 Å². The van der Waals surface area contributed by atoms with Gasteiger partial charge < -0.3 is 15.1 Å². The highest BCUT2D eigenvalue weighted by Crippen LogP contribution is 2.35. The summed E-state index contributed by atoms with van der Waals surface area (Å²) in [6.07, 6.45) is 3.85. The number of nitrogens with zero attached hydrogens (tertiary/aromatic N) is 2. The van der Waals surface area contributed by atoms with Crippen LogP contribution >= 0.6 is 12.4 Å². The fourth-order valence-corrected chi connectivity index (χ4v) is 1.76. The number of aromatic nitrogens is 1. The van der Waals surface area contributed by atoms with Crippen LogP contribution in [0, 0.1) is 0 Å². The third-order valence-electron chi connectivity index (χ3n) is 2.57. The Balaban J connectivity index is 0.00000112. The van der Waals surface area contributed by atoms with E-state index in [0.717, 1.165) is 31.0 Å². The van der Waals surface area contributed by atoms with Crippen molar-refractivity contribution in [3.05, 3.63) is 17.8 Å². The molecule has 0 aliphatic heterocycles. The first-order valence-electron chi connectivity index (χ1n) is 5.00. The first-order valence-corrected chi connectivity index (χ1v) is 5.00. The average molecular weight is 232 g/mol. The predicted molar refractivity (Wildman–Crippen MR) is 61.1 cm³/mol. The summed E-state index contributed by atoms with van der Waals surface area (Å²) in [5.41, 5.74) is 5.72. The van der Waals surface area contributed by atoms with Crippen molar-refractivity contribution in [1.82, 2.24) is 9.88 Å². The van der Waals surface area contributed by atoms with Gasteiger partial charge in [0.2, 0.25) is 0 Å². The molecule has 1 aromatic rings. The Labute approximate surface area is 96.2 Å². The van der Waals surface area contributed by atoms with E-state index in [1.165, 1.54) is 0 Å². The highest BCUT2D eigenvalue weighted by Gasteiger charge is 2.30. The average Bonchev–Trinajstić information content (AvgIpc) is 2.46. The Morgan fingerprint density at radius 1 is 1.53 bits per heavy atom. The number of halogens is 1. The molecular formula is C10H18ClN3O. The Hall–Kier alpha value is -0.580. The molecule has 1 aliphatic rings. The van der Waals surface area contributed by atoms with E-state index in [9.17, 15) is 0 Å². The molecule has 0 atom stereocenters. The number of rotatable bonds is 3. The molecule has 1 saturated carbocycles. The lowest BCUT2D eigenvalue weighted by atomic mass is 9.81. The summed E-state index contributed by atoms with van der Waals surface area (Å²) in [4.78, 5) is 6.34. The van der Waals surface area contributed by atoms with E-state index >= 15 is 0 Å². The lowest BCUT2D eigenvalue weighted by molar-refractivity contribution is 0.274. The van der Waals surface area contributed by atoms with Gasteiger partial charge in [0.05, 0.1) is 12.7 Å². The second-order valence-electron chi connectivity index (χ2n) is 4.33. The van der Waals surface area contributed by atoms with Gasteiger partial charge in [0.15, 0.2) is 5.89 Å². The van der Waals surface area contributed by atoms with Crippen LogP contribution < -0.4 is 5.73 Å². The molecule has 0 spiro atoms. The van der Waals surface area contributed by atoms with Crippen molar-refractivity contribution in [2.45, 2.75) is 31.3 Å². The number of oxazole rings is 1. The first-order chi connectivity index (χ1) is 6.65. The van der Waals surface area contributed by atoms with Crippen LogP contribution in [0.3, 0.4) is 0 Å². The standard InChI is InChI=1S/C10H17N3O.ClH/c1-13(2)6-9-5-12-10(14-9)7-3-8(11)4-7;/h5,7-8H,3-4,6,11H2,1-2H3;1H. The maximum Gasteiger partial charge on any atom is 0.197 e. The van der Waals surface area contributed by atoms with Crippen molar-refractivity contribution >= 4 is 12.4 Å². The van der Waals surface area contributed by atoms with Crippen molar-refractivity contribution in [3.8, 4) is 0 Å². The van der Waals surface area contributed by atoms with Crippen LogP contribution in [0.2, 0.25) is 0 Å². The van der Waals surface area contributed by atoms with E-state index in [2.05, 4.69) is 9.88 Å². The van der Waals surface area contributed by atoms with Gasteiger partial charge in [-0.25, -0.2) is 4.98 Å². The Bertz CT molecular complexity index is 307. The summed E-state index contributed by atoms with van der Waals surface area (Å²) in [7, 11) is 4.03. The summed E-state index contributed by atoms with van der Waals surface area (Å²) < 4.78 is 5.64. The van der Waals surface area contributed by atoms with Gasteiger partial charge >= 0.3 is 0 Å². The summed E-state index contributed by atoms with van der Waals surface area (Å²) in [6.45, 7) is 0.811. The van der Waals surface area contributed by atoms with Gasteiger partial charge in [-0.2, -0.15) is 0 Å². The molecule has 5 heteroatoms. The van der Waals surface area contributed by atoms with E-state index < -0.39 is 0 Å². The van der Waals surface area contributed by atoms with Gasteiger partial charge in [-0.1, -0.05) is 0 Å². The monoisotopic (exact) mass is 231 g/mol. The van der Waals surface area contributed by atoms with Crippen LogP contribution in [-0.2, 0) is 6.54 Å². The van der Waals surface area contributed by atoms with Crippen molar-refractivity contribution in [3.63, 3.8) is 0 Å². The van der Waals surface area contributed by atoms with E-state index in [-0.39, 0.29) is 12.4 Å². The van der Waals surface area contributed by atoms with E-state index in [1.807, 2.05) is 20.3 Å². The third-order valence-corrected chi connectivity index (χ3v) is 2.57. The van der Waals surface area contributed by atoms with Gasteiger partial charge in [-0.3, -0.25) is 0 Å². The van der Waals surface area contributed by atoms with Gasteiger partial charge in [0.1, 0.15) is 5.76 Å². The molecular weight excluding hydrogens is 214 g/mol. The lowest BCUT2D eigenvalue weighted by Crippen LogP contribution is -2.34. The summed E-state index contributed by atoms with van der Waals surface area (Å²) in [6, 6.07) is 0.351. The molecule has 2 rings (SSSR count). The largest absolute Gasteiger partial charge is 0.444 e. The van der Waals surface area contributed by atoms with E-state index in [1.54, 1.807) is 0 Å². The van der Waals surface area contributed by atoms with Crippen molar-refractivity contribution < 1.29 is 4.42 Å². The molecule has 0 radical (unpaired) electrons. The van der Waals surface area contributed by atoms with Crippen molar-refractivity contribution in [2.24, 2.45) is 5.73 Å². The molecule has 0 saturated heterocycles. The summed E-state index contributed by atoms with van der Waals surface area (Å²) in [5.74, 6) is 2.26. The van der Waals surface area contributed by atoms with Gasteiger partial charge in [0, 0.05) is 12.0 Å². The minimum atomic E-state index is 0. The normalized spacial score (nSPS) is 24.8. The molecule has 0 amide bonds. The second-order valence-corrected chi connectivity index (χ2v) is 4.33. The van der Waals surface area contributed by atoms with Crippen LogP contribution in [0.4, 0.5) is 0 Å². The quantitative estimate of drug-likeness (QED) is 0.854. The predicted octanol–water partition coefficient (Wildman–Crippen LogP) is 1.36. The summed E-state index contributed by atoms with van der Waals surface area (Å²) >= 11 is 0. The van der Waals surface area contributed by atoms with E-state index in [4.69, 9.17) is 10.2 Å². The van der Waals surface area contributed by atoms with E-state index in [0.29, 0.717) is 12.0 Å². The van der Waals surface area contributed by atoms with Crippen LogP contribution in [0.5, 0.6) is 0 Å². The Morgan fingerprint density at radius 3 is 2.73 bits per heavy atom. The van der Waals surface area contributed by atoms with Gasteiger partial charge in [0.25, 0.3) is 0 Å². The fraction of sp³-hybridized carbons (Fsp3) is 0.700. The smallest absolute Gasteiger partial charge is 0.197 e. The molecule has 15 heavy (non-hydrogen) atoms. The minimum Gasteiger partial charge on any atom is -0.444 e. The van der Waals surface area contributed by atoms with Crippen LogP contribution in [0.25, 0.3) is 0 Å². The molecule has 0 unspecified atom stereocenters. The Morgan fingerprint density at radius 2 is 2.20 bits per heavy atom. The first kappa shape index (κ1) is 12.5. The Kier molecular flexibility index (Phi) is 4.13.